The number of hydrogen-bond donors (Lipinski definition) is 1. The monoisotopic (exact) mass is 176 g/mol. The first-order valence-electron chi connectivity index (χ1n) is 4.35. The van der Waals surface area contributed by atoms with E-state index in [-0.39, 0.29) is 0 Å². The van der Waals surface area contributed by atoms with E-state index in [2.05, 4.69) is 0 Å². The molecule has 0 saturated carbocycles. The van der Waals surface area contributed by atoms with E-state index >= 15 is 0 Å². The Labute approximate surface area is 76.8 Å². The Hall–Kier alpha value is -1.28. The summed E-state index contributed by atoms with van der Waals surface area (Å²) < 4.78 is 5.46. The van der Waals surface area contributed by atoms with E-state index in [1.165, 1.54) is 5.56 Å². The van der Waals surface area contributed by atoms with E-state index in [0.29, 0.717) is 5.76 Å². The third-order valence-corrected chi connectivity index (χ3v) is 2.21. The van der Waals surface area contributed by atoms with Gasteiger partial charge in [0.1, 0.15) is 17.4 Å². The molecule has 0 amide bonds. The molecule has 1 aromatic carbocycles. The minimum absolute atomic E-state index is 0.535. The Kier molecular flexibility index (Phi) is 1.85. The Morgan fingerprint density at radius 3 is 2.77 bits per heavy atom. The lowest BCUT2D eigenvalue weighted by Crippen LogP contribution is -1.85. The predicted molar refractivity (Wildman–Crippen MR) is 51.6 cm³/mol. The van der Waals surface area contributed by atoms with Gasteiger partial charge in [-0.25, -0.2) is 0 Å². The molecule has 0 aliphatic rings. The van der Waals surface area contributed by atoms with Gasteiger partial charge in [0.15, 0.2) is 0 Å². The third-order valence-electron chi connectivity index (χ3n) is 2.21. The molecule has 0 aliphatic heterocycles. The smallest absolute Gasteiger partial charge is 0.134 e. The van der Waals surface area contributed by atoms with Gasteiger partial charge in [-0.2, -0.15) is 0 Å². The highest BCUT2D eigenvalue weighted by Crippen LogP contribution is 2.25. The Morgan fingerprint density at radius 2 is 2.15 bits per heavy atom. The van der Waals surface area contributed by atoms with Crippen LogP contribution in [0, 0.1) is 6.92 Å². The van der Waals surface area contributed by atoms with Gasteiger partial charge in [0, 0.05) is 5.39 Å². The molecule has 0 aliphatic carbocycles. The lowest BCUT2D eigenvalue weighted by molar-refractivity contribution is 0.172. The minimum atomic E-state index is -0.535. The molecule has 0 bridgehead atoms. The highest BCUT2D eigenvalue weighted by molar-refractivity contribution is 5.81. The molecular formula is C11H12O2. The van der Waals surface area contributed by atoms with Crippen LogP contribution >= 0.6 is 0 Å². The number of hydrogen-bond acceptors (Lipinski definition) is 2. The predicted octanol–water partition coefficient (Wildman–Crippen LogP) is 2.79. The maximum absolute atomic E-state index is 9.32. The van der Waals surface area contributed by atoms with Crippen molar-refractivity contribution in [1.82, 2.24) is 0 Å². The van der Waals surface area contributed by atoms with E-state index in [9.17, 15) is 5.11 Å². The van der Waals surface area contributed by atoms with Crippen LogP contribution in [0.2, 0.25) is 0 Å². The summed E-state index contributed by atoms with van der Waals surface area (Å²) in [7, 11) is 0. The van der Waals surface area contributed by atoms with Crippen LogP contribution in [0.15, 0.2) is 28.7 Å². The molecule has 1 atom stereocenters. The average molecular weight is 176 g/mol. The van der Waals surface area contributed by atoms with E-state index in [4.69, 9.17) is 4.42 Å². The van der Waals surface area contributed by atoms with Gasteiger partial charge in [0.2, 0.25) is 0 Å². The molecule has 2 nitrogen and oxygen atoms in total. The van der Waals surface area contributed by atoms with Crippen LogP contribution in [0.25, 0.3) is 11.0 Å². The molecule has 0 radical (unpaired) electrons. The largest absolute Gasteiger partial charge is 0.458 e. The lowest BCUT2D eigenvalue weighted by Gasteiger charge is -1.95. The van der Waals surface area contributed by atoms with Crippen molar-refractivity contribution in [2.24, 2.45) is 0 Å². The average Bonchev–Trinajstić information content (AvgIpc) is 2.49. The van der Waals surface area contributed by atoms with Crippen LogP contribution in [0.5, 0.6) is 0 Å². The van der Waals surface area contributed by atoms with Gasteiger partial charge in [-0.05, 0) is 31.5 Å². The molecule has 0 saturated heterocycles. The molecule has 2 aromatic rings. The highest BCUT2D eigenvalue weighted by Gasteiger charge is 2.08. The first-order chi connectivity index (χ1) is 6.18. The van der Waals surface area contributed by atoms with Crippen molar-refractivity contribution in [3.63, 3.8) is 0 Å². The van der Waals surface area contributed by atoms with Crippen LogP contribution in [-0.4, -0.2) is 5.11 Å². The van der Waals surface area contributed by atoms with Crippen molar-refractivity contribution in [2.45, 2.75) is 20.0 Å². The van der Waals surface area contributed by atoms with Gasteiger partial charge in [0.25, 0.3) is 0 Å². The Morgan fingerprint density at radius 1 is 1.38 bits per heavy atom. The van der Waals surface area contributed by atoms with E-state index in [1.54, 1.807) is 6.92 Å². The van der Waals surface area contributed by atoms with E-state index < -0.39 is 6.10 Å². The standard InChI is InChI=1S/C11H12O2/c1-7-4-3-5-10-9(7)6-11(13-10)8(2)12/h3-6,8,12H,1-2H3. The van der Waals surface area contributed by atoms with E-state index in [0.717, 1.165) is 11.0 Å². The van der Waals surface area contributed by atoms with Crippen LogP contribution in [-0.2, 0) is 0 Å². The van der Waals surface area contributed by atoms with Crippen molar-refractivity contribution < 1.29 is 9.52 Å². The summed E-state index contributed by atoms with van der Waals surface area (Å²) in [4.78, 5) is 0. The SMILES string of the molecule is Cc1cccc2oc(C(C)O)cc12. The quantitative estimate of drug-likeness (QED) is 0.724. The maximum atomic E-state index is 9.32. The summed E-state index contributed by atoms with van der Waals surface area (Å²) in [6.07, 6.45) is -0.535. The van der Waals surface area contributed by atoms with Crippen molar-refractivity contribution in [2.75, 3.05) is 0 Å². The van der Waals surface area contributed by atoms with Crippen molar-refractivity contribution in [3.8, 4) is 0 Å². The molecule has 1 aromatic heterocycles. The number of aliphatic hydroxyl groups excluding tert-OH is 1. The van der Waals surface area contributed by atoms with Crippen LogP contribution in [0.3, 0.4) is 0 Å². The molecule has 1 unspecified atom stereocenters. The van der Waals surface area contributed by atoms with E-state index in [1.807, 2.05) is 31.2 Å². The Balaban J connectivity index is 2.68. The lowest BCUT2D eigenvalue weighted by atomic mass is 10.1. The molecule has 1 heterocycles. The number of benzene rings is 1. The Bertz CT molecular complexity index is 427. The number of rotatable bonds is 1. The van der Waals surface area contributed by atoms with Crippen LogP contribution in [0.1, 0.15) is 24.4 Å². The van der Waals surface area contributed by atoms with Gasteiger partial charge in [0.05, 0.1) is 0 Å². The highest BCUT2D eigenvalue weighted by atomic mass is 16.4. The zero-order chi connectivity index (χ0) is 9.42. The summed E-state index contributed by atoms with van der Waals surface area (Å²) in [6, 6.07) is 7.79. The molecule has 0 fully saturated rings. The summed E-state index contributed by atoms with van der Waals surface area (Å²) in [5, 5.41) is 10.4. The second kappa shape index (κ2) is 2.89. The summed E-state index contributed by atoms with van der Waals surface area (Å²) in [6.45, 7) is 3.73. The second-order valence-electron chi connectivity index (χ2n) is 3.31. The second-order valence-corrected chi connectivity index (χ2v) is 3.31. The number of aryl methyl sites for hydroxylation is 1. The summed E-state index contributed by atoms with van der Waals surface area (Å²) in [5.74, 6) is 0.629. The van der Waals surface area contributed by atoms with Crippen LogP contribution < -0.4 is 0 Å². The van der Waals surface area contributed by atoms with Crippen molar-refractivity contribution in [3.05, 3.63) is 35.6 Å². The molecule has 1 N–H and O–H groups in total. The number of furan rings is 1. The fourth-order valence-corrected chi connectivity index (χ4v) is 1.43. The summed E-state index contributed by atoms with van der Waals surface area (Å²) in [5.41, 5.74) is 2.02. The topological polar surface area (TPSA) is 33.4 Å². The number of aliphatic hydroxyl groups is 1. The first kappa shape index (κ1) is 8.32. The zero-order valence-corrected chi connectivity index (χ0v) is 7.74. The van der Waals surface area contributed by atoms with Crippen molar-refractivity contribution in [1.29, 1.82) is 0 Å². The zero-order valence-electron chi connectivity index (χ0n) is 7.74. The van der Waals surface area contributed by atoms with Gasteiger partial charge in [-0.1, -0.05) is 12.1 Å². The third kappa shape index (κ3) is 1.33. The van der Waals surface area contributed by atoms with Gasteiger partial charge >= 0.3 is 0 Å². The molecule has 68 valence electrons. The molecule has 2 heteroatoms. The molecule has 13 heavy (non-hydrogen) atoms. The first-order valence-corrected chi connectivity index (χ1v) is 4.35. The fourth-order valence-electron chi connectivity index (χ4n) is 1.43. The van der Waals surface area contributed by atoms with Crippen LogP contribution in [0.4, 0.5) is 0 Å². The number of fused-ring (bicyclic) bond motifs is 1. The molecular weight excluding hydrogens is 164 g/mol. The molecule has 0 spiro atoms. The van der Waals surface area contributed by atoms with Gasteiger partial charge < -0.3 is 9.52 Å². The maximum Gasteiger partial charge on any atom is 0.134 e. The normalized spacial score (nSPS) is 13.5. The summed E-state index contributed by atoms with van der Waals surface area (Å²) >= 11 is 0. The van der Waals surface area contributed by atoms with Gasteiger partial charge in [-0.3, -0.25) is 0 Å². The molecule has 2 rings (SSSR count). The van der Waals surface area contributed by atoms with Gasteiger partial charge in [-0.15, -0.1) is 0 Å². The van der Waals surface area contributed by atoms with Crippen molar-refractivity contribution >= 4 is 11.0 Å². The fraction of sp³-hybridized carbons (Fsp3) is 0.273. The minimum Gasteiger partial charge on any atom is -0.458 e.